The first kappa shape index (κ1) is 28.9. The smallest absolute Gasteiger partial charge is 0.258 e. The maximum atomic E-state index is 13.5. The summed E-state index contributed by atoms with van der Waals surface area (Å²) in [5, 5.41) is 50.1. The number of amides is 3. The number of benzene rings is 1. The molecule has 0 saturated carbocycles. The highest BCUT2D eigenvalue weighted by Gasteiger charge is 2.36. The molecule has 1 aliphatic rings. The van der Waals surface area contributed by atoms with Crippen LogP contribution in [-0.2, 0) is 4.79 Å². The fourth-order valence-corrected chi connectivity index (χ4v) is 8.01. The molecule has 0 bridgehead atoms. The van der Waals surface area contributed by atoms with Gasteiger partial charge < -0.3 is 40.6 Å². The molecule has 1 fully saturated rings. The van der Waals surface area contributed by atoms with Gasteiger partial charge in [0.25, 0.3) is 11.8 Å². The first-order chi connectivity index (χ1) is 15.7. The number of carbonyl (C=O) groups is 3. The van der Waals surface area contributed by atoms with Gasteiger partial charge in [0.1, 0.15) is 6.73 Å². The largest absolute Gasteiger partial charge is 0.394 e. The Morgan fingerprint density at radius 1 is 0.939 bits per heavy atom. The van der Waals surface area contributed by atoms with Gasteiger partial charge in [-0.2, -0.15) is 0 Å². The van der Waals surface area contributed by atoms with Crippen LogP contribution in [0.3, 0.4) is 0 Å². The number of hydrogen-bond donors (Lipinski definition) is 6. The van der Waals surface area contributed by atoms with E-state index < -0.39 is 57.1 Å². The third kappa shape index (κ3) is 6.07. The van der Waals surface area contributed by atoms with Crippen molar-refractivity contribution in [1.29, 1.82) is 0 Å². The highest BCUT2D eigenvalue weighted by Crippen LogP contribution is 2.40. The number of aliphatic hydroxyl groups excluding tert-OH is 5. The van der Waals surface area contributed by atoms with Gasteiger partial charge in [-0.25, -0.2) is 0 Å². The number of carbonyl (C=O) groups excluding carboxylic acids is 3. The minimum absolute atomic E-state index is 0.0296. The third-order valence-electron chi connectivity index (χ3n) is 5.13. The van der Waals surface area contributed by atoms with Crippen molar-refractivity contribution in [2.75, 3.05) is 44.6 Å². The maximum Gasteiger partial charge on any atom is 0.258 e. The average Bonchev–Trinajstić information content (AvgIpc) is 3.20. The Morgan fingerprint density at radius 3 is 1.97 bits per heavy atom. The van der Waals surface area contributed by atoms with E-state index >= 15 is 0 Å². The summed E-state index contributed by atoms with van der Waals surface area (Å²) >= 11 is 5.67. The highest BCUT2D eigenvalue weighted by atomic mass is 127. The molecule has 0 radical (unpaired) electrons. The van der Waals surface area contributed by atoms with E-state index in [1.54, 1.807) is 0 Å². The van der Waals surface area contributed by atoms with Gasteiger partial charge in [-0.05, 0) is 74.2 Å². The molecule has 1 aliphatic heterocycles. The number of aliphatic hydroxyl groups is 5. The number of hydrogen-bond acceptors (Lipinski definition) is 8. The molecule has 0 spiro atoms. The summed E-state index contributed by atoms with van der Waals surface area (Å²) < 4.78 is 1.02. The van der Waals surface area contributed by atoms with E-state index in [-0.39, 0.29) is 20.6 Å². The lowest BCUT2D eigenvalue weighted by Gasteiger charge is -2.30. The predicted octanol–water partition coefficient (Wildman–Crippen LogP) is -0.545. The van der Waals surface area contributed by atoms with Gasteiger partial charge in [0, 0.05) is 16.5 Å². The van der Waals surface area contributed by atoms with E-state index in [1.807, 2.05) is 67.8 Å². The van der Waals surface area contributed by atoms with Crippen LogP contribution in [0, 0.1) is 10.7 Å². The molecular formula is C19H24I3N3O8. The fraction of sp³-hybridized carbons (Fsp3) is 0.526. The summed E-state index contributed by atoms with van der Waals surface area (Å²) in [4.78, 5) is 41.5. The van der Waals surface area contributed by atoms with Crippen molar-refractivity contribution >= 4 is 91.2 Å². The molecule has 14 heteroatoms. The highest BCUT2D eigenvalue weighted by molar-refractivity contribution is 14.1. The second-order valence-electron chi connectivity index (χ2n) is 7.16. The van der Waals surface area contributed by atoms with Gasteiger partial charge in [0.15, 0.2) is 0 Å². The van der Waals surface area contributed by atoms with Gasteiger partial charge in [0.2, 0.25) is 5.91 Å². The molecule has 11 nitrogen and oxygen atoms in total. The van der Waals surface area contributed by atoms with Gasteiger partial charge >= 0.3 is 0 Å². The van der Waals surface area contributed by atoms with Crippen LogP contribution in [0.25, 0.3) is 0 Å². The lowest BCUT2D eigenvalue weighted by Crippen LogP contribution is -2.46. The average molecular weight is 803 g/mol. The first-order valence-corrected chi connectivity index (χ1v) is 13.1. The van der Waals surface area contributed by atoms with E-state index in [2.05, 4.69) is 5.32 Å². The molecule has 2 rings (SSSR count). The zero-order valence-electron chi connectivity index (χ0n) is 17.3. The Balaban J connectivity index is 2.76. The lowest BCUT2D eigenvalue weighted by molar-refractivity contribution is -0.117. The summed E-state index contributed by atoms with van der Waals surface area (Å²) in [6.45, 7) is -2.60. The molecule has 0 aliphatic carbocycles. The van der Waals surface area contributed by atoms with E-state index in [9.17, 15) is 39.9 Å². The lowest BCUT2D eigenvalue weighted by atomic mass is 10.1. The first-order valence-electron chi connectivity index (χ1n) is 9.85. The molecule has 1 heterocycles. The van der Waals surface area contributed by atoms with Crippen molar-refractivity contribution in [2.24, 2.45) is 0 Å². The van der Waals surface area contributed by atoms with Crippen LogP contribution in [0.15, 0.2) is 0 Å². The van der Waals surface area contributed by atoms with Crippen LogP contribution in [0.5, 0.6) is 0 Å². The minimum Gasteiger partial charge on any atom is -0.394 e. The standard InChI is InChI=1S/C19H24I3N3O8/c20-14-12(18(32)23-9(4-26)5-27)15(21)17(24-3-1-2-11(24)31)16(22)13(14)19(33)25(8-30)10(6-28)7-29/h9-10,26-30H,1-8H2,(H,23,32). The summed E-state index contributed by atoms with van der Waals surface area (Å²) in [6, 6.07) is -2.00. The number of rotatable bonds is 10. The van der Waals surface area contributed by atoms with Crippen molar-refractivity contribution in [2.45, 2.75) is 24.9 Å². The maximum absolute atomic E-state index is 13.5. The van der Waals surface area contributed by atoms with Crippen molar-refractivity contribution < 1.29 is 39.9 Å². The molecule has 1 aromatic carbocycles. The fourth-order valence-electron chi connectivity index (χ4n) is 3.31. The van der Waals surface area contributed by atoms with E-state index in [0.717, 1.165) is 4.90 Å². The van der Waals surface area contributed by atoms with Crippen LogP contribution in [0.4, 0.5) is 5.69 Å². The van der Waals surface area contributed by atoms with Gasteiger partial charge in [-0.1, -0.05) is 0 Å². The second kappa shape index (κ2) is 13.1. The van der Waals surface area contributed by atoms with E-state index in [0.29, 0.717) is 32.2 Å². The SMILES string of the molecule is O=C(NC(CO)CO)c1c(I)c(C(=O)N(CO)C(CO)CO)c(I)c(N2CCCC2=O)c1I. The Bertz CT molecular complexity index is 909. The van der Waals surface area contributed by atoms with Crippen molar-refractivity contribution in [1.82, 2.24) is 10.2 Å². The number of halogens is 3. The van der Waals surface area contributed by atoms with Gasteiger partial charge in [0.05, 0.1) is 62.5 Å². The Morgan fingerprint density at radius 2 is 1.52 bits per heavy atom. The van der Waals surface area contributed by atoms with Crippen LogP contribution >= 0.6 is 67.8 Å². The predicted molar refractivity (Wildman–Crippen MR) is 143 cm³/mol. The monoisotopic (exact) mass is 803 g/mol. The molecule has 0 atom stereocenters. The molecular weight excluding hydrogens is 779 g/mol. The summed E-state index contributed by atoms with van der Waals surface area (Å²) in [5.41, 5.74) is 0.477. The quantitative estimate of drug-likeness (QED) is 0.135. The summed E-state index contributed by atoms with van der Waals surface area (Å²) in [7, 11) is 0. The zero-order chi connectivity index (χ0) is 24.9. The zero-order valence-corrected chi connectivity index (χ0v) is 23.8. The number of nitrogens with one attached hydrogen (secondary N) is 1. The summed E-state index contributed by atoms with van der Waals surface area (Å²) in [5.74, 6) is -1.56. The molecule has 184 valence electrons. The van der Waals surface area contributed by atoms with Crippen molar-refractivity contribution in [3.63, 3.8) is 0 Å². The van der Waals surface area contributed by atoms with Crippen molar-refractivity contribution in [3.05, 3.63) is 21.8 Å². The Labute approximate surface area is 230 Å². The van der Waals surface area contributed by atoms with Gasteiger partial charge in [-0.15, -0.1) is 0 Å². The van der Waals surface area contributed by atoms with E-state index in [4.69, 9.17) is 0 Å². The van der Waals surface area contributed by atoms with E-state index in [1.165, 1.54) is 4.90 Å². The minimum atomic E-state index is -1.07. The second-order valence-corrected chi connectivity index (χ2v) is 10.4. The number of nitrogens with zero attached hydrogens (tertiary/aromatic N) is 2. The number of anilines is 1. The molecule has 1 aromatic rings. The third-order valence-corrected chi connectivity index (χ3v) is 8.31. The molecule has 1 saturated heterocycles. The van der Waals surface area contributed by atoms with Crippen LogP contribution in [-0.4, -0.2) is 99.9 Å². The van der Waals surface area contributed by atoms with Gasteiger partial charge in [-0.3, -0.25) is 14.4 Å². The van der Waals surface area contributed by atoms with Crippen LogP contribution in [0.1, 0.15) is 33.6 Å². The van der Waals surface area contributed by atoms with Crippen molar-refractivity contribution in [3.8, 4) is 0 Å². The molecule has 33 heavy (non-hydrogen) atoms. The molecule has 0 unspecified atom stereocenters. The Hall–Kier alpha value is -0.380. The molecule has 6 N–H and O–H groups in total. The normalized spacial score (nSPS) is 13.9. The van der Waals surface area contributed by atoms with Crippen LogP contribution < -0.4 is 10.2 Å². The molecule has 3 amide bonds. The van der Waals surface area contributed by atoms with Crippen LogP contribution in [0.2, 0.25) is 0 Å². The topological polar surface area (TPSA) is 171 Å². The molecule has 0 aromatic heterocycles. The summed E-state index contributed by atoms with van der Waals surface area (Å²) in [6.07, 6.45) is 0.929. The Kier molecular flexibility index (Phi) is 11.4.